The first-order valence-corrected chi connectivity index (χ1v) is 6.92. The number of nitrogens with zero attached hydrogens (tertiary/aromatic N) is 1. The zero-order valence-electron chi connectivity index (χ0n) is 11.1. The minimum absolute atomic E-state index is 0.0100. The van der Waals surface area contributed by atoms with Gasteiger partial charge in [-0.05, 0) is 25.4 Å². The lowest BCUT2D eigenvalue weighted by Crippen LogP contribution is -2.34. The molecule has 1 N–H and O–H groups in total. The number of likely N-dealkylation sites (N-methyl/N-ethyl adjacent to an activating group) is 1. The molecule has 0 fully saturated rings. The van der Waals surface area contributed by atoms with Crippen LogP contribution in [0.4, 0.5) is 0 Å². The maximum Gasteiger partial charge on any atom is 0.243 e. The van der Waals surface area contributed by atoms with E-state index in [1.165, 1.54) is 6.16 Å². The van der Waals surface area contributed by atoms with Crippen LogP contribution in [0, 0.1) is 0 Å². The van der Waals surface area contributed by atoms with Crippen molar-refractivity contribution in [3.8, 4) is 0 Å². The molecule has 16 heavy (non-hydrogen) atoms. The SMILES string of the molecule is CCPC(C)(C)CNC(=O)/C=C/CN(C)C. The molecule has 0 aromatic rings. The molecule has 0 aromatic carbocycles. The summed E-state index contributed by atoms with van der Waals surface area (Å²) in [5, 5.41) is 3.17. The van der Waals surface area contributed by atoms with Gasteiger partial charge in [0.05, 0.1) is 0 Å². The van der Waals surface area contributed by atoms with Gasteiger partial charge < -0.3 is 10.2 Å². The lowest BCUT2D eigenvalue weighted by molar-refractivity contribution is -0.116. The Bertz CT molecular complexity index is 237. The van der Waals surface area contributed by atoms with Crippen LogP contribution in [0.25, 0.3) is 0 Å². The van der Waals surface area contributed by atoms with Crippen molar-refractivity contribution in [2.75, 3.05) is 33.3 Å². The largest absolute Gasteiger partial charge is 0.352 e. The molecule has 0 heterocycles. The fourth-order valence-electron chi connectivity index (χ4n) is 1.28. The number of amides is 1. The van der Waals surface area contributed by atoms with Crippen molar-refractivity contribution in [2.24, 2.45) is 0 Å². The summed E-state index contributed by atoms with van der Waals surface area (Å²) in [6, 6.07) is 0. The second-order valence-corrected chi connectivity index (χ2v) is 7.21. The van der Waals surface area contributed by atoms with E-state index >= 15 is 0 Å². The van der Waals surface area contributed by atoms with Crippen molar-refractivity contribution >= 4 is 14.5 Å². The maximum atomic E-state index is 11.5. The van der Waals surface area contributed by atoms with Crippen LogP contribution in [-0.4, -0.2) is 49.3 Å². The molecule has 4 heteroatoms. The van der Waals surface area contributed by atoms with Crippen LogP contribution in [0.3, 0.4) is 0 Å². The van der Waals surface area contributed by atoms with E-state index in [1.807, 2.05) is 25.1 Å². The minimum atomic E-state index is 0.0100. The second kappa shape index (κ2) is 7.81. The minimum Gasteiger partial charge on any atom is -0.352 e. The molecule has 0 saturated carbocycles. The lowest BCUT2D eigenvalue weighted by atomic mass is 10.2. The van der Waals surface area contributed by atoms with Crippen molar-refractivity contribution in [3.05, 3.63) is 12.2 Å². The summed E-state index contributed by atoms with van der Waals surface area (Å²) in [5.74, 6) is 0.0100. The van der Waals surface area contributed by atoms with Crippen molar-refractivity contribution in [1.29, 1.82) is 0 Å². The van der Waals surface area contributed by atoms with Crippen LogP contribution < -0.4 is 5.32 Å². The summed E-state index contributed by atoms with van der Waals surface area (Å²) in [6.45, 7) is 8.12. The average molecular weight is 244 g/mol. The molecule has 1 unspecified atom stereocenters. The van der Waals surface area contributed by atoms with E-state index in [9.17, 15) is 4.79 Å². The Morgan fingerprint density at radius 2 is 2.06 bits per heavy atom. The highest BCUT2D eigenvalue weighted by Gasteiger charge is 2.16. The molecule has 1 amide bonds. The predicted octanol–water partition coefficient (Wildman–Crippen LogP) is 1.70. The molecule has 0 radical (unpaired) electrons. The number of carbonyl (C=O) groups is 1. The van der Waals surface area contributed by atoms with E-state index in [1.54, 1.807) is 6.08 Å². The molecule has 0 bridgehead atoms. The predicted molar refractivity (Wildman–Crippen MR) is 73.6 cm³/mol. The van der Waals surface area contributed by atoms with E-state index in [2.05, 4.69) is 26.1 Å². The Labute approximate surface area is 101 Å². The Morgan fingerprint density at radius 3 is 2.56 bits per heavy atom. The highest BCUT2D eigenvalue weighted by molar-refractivity contribution is 7.39. The molecule has 0 saturated heterocycles. The van der Waals surface area contributed by atoms with Gasteiger partial charge in [-0.3, -0.25) is 4.79 Å². The quantitative estimate of drug-likeness (QED) is 0.546. The van der Waals surface area contributed by atoms with Gasteiger partial charge in [0, 0.05) is 19.2 Å². The summed E-state index contributed by atoms with van der Waals surface area (Å²) in [6.07, 6.45) is 4.68. The van der Waals surface area contributed by atoms with E-state index in [-0.39, 0.29) is 11.1 Å². The van der Waals surface area contributed by atoms with Crippen LogP contribution in [0.1, 0.15) is 20.8 Å². The fraction of sp³-hybridized carbons (Fsp3) is 0.750. The molecule has 0 aliphatic carbocycles. The third-order valence-corrected chi connectivity index (χ3v) is 3.59. The Balaban J connectivity index is 3.85. The molecule has 94 valence electrons. The summed E-state index contributed by atoms with van der Waals surface area (Å²) >= 11 is 0. The van der Waals surface area contributed by atoms with Crippen LogP contribution in [0.15, 0.2) is 12.2 Å². The summed E-state index contributed by atoms with van der Waals surface area (Å²) < 4.78 is 0. The zero-order chi connectivity index (χ0) is 12.6. The van der Waals surface area contributed by atoms with Crippen LogP contribution in [0.5, 0.6) is 0 Å². The first-order chi connectivity index (χ1) is 7.37. The Kier molecular flexibility index (Phi) is 7.61. The monoisotopic (exact) mass is 244 g/mol. The molecule has 0 aliphatic rings. The highest BCUT2D eigenvalue weighted by Crippen LogP contribution is 2.29. The number of hydrogen-bond acceptors (Lipinski definition) is 2. The van der Waals surface area contributed by atoms with Gasteiger partial charge in [-0.1, -0.05) is 26.8 Å². The molecule has 0 aliphatic heterocycles. The Morgan fingerprint density at radius 1 is 1.44 bits per heavy atom. The zero-order valence-corrected chi connectivity index (χ0v) is 12.1. The van der Waals surface area contributed by atoms with Gasteiger partial charge in [0.25, 0.3) is 0 Å². The van der Waals surface area contributed by atoms with E-state index in [4.69, 9.17) is 0 Å². The third-order valence-electron chi connectivity index (χ3n) is 2.10. The number of hydrogen-bond donors (Lipinski definition) is 1. The highest BCUT2D eigenvalue weighted by atomic mass is 31.1. The van der Waals surface area contributed by atoms with E-state index in [0.29, 0.717) is 0 Å². The molecule has 3 nitrogen and oxygen atoms in total. The van der Waals surface area contributed by atoms with Gasteiger partial charge in [-0.2, -0.15) is 0 Å². The number of rotatable bonds is 7. The Hall–Kier alpha value is -0.400. The van der Waals surface area contributed by atoms with Gasteiger partial charge in [-0.15, -0.1) is 8.58 Å². The molecule has 0 rings (SSSR count). The van der Waals surface area contributed by atoms with Gasteiger partial charge in [0.15, 0.2) is 0 Å². The van der Waals surface area contributed by atoms with Gasteiger partial charge in [0.1, 0.15) is 0 Å². The maximum absolute atomic E-state index is 11.5. The second-order valence-electron chi connectivity index (χ2n) is 4.80. The number of carbonyl (C=O) groups excluding carboxylic acids is 1. The smallest absolute Gasteiger partial charge is 0.243 e. The summed E-state index contributed by atoms with van der Waals surface area (Å²) in [7, 11) is 4.85. The average Bonchev–Trinajstić information content (AvgIpc) is 2.14. The van der Waals surface area contributed by atoms with E-state index in [0.717, 1.165) is 21.7 Å². The summed E-state index contributed by atoms with van der Waals surface area (Å²) in [5.41, 5.74) is 0. The normalized spacial score (nSPS) is 13.1. The van der Waals surface area contributed by atoms with Crippen LogP contribution in [-0.2, 0) is 4.79 Å². The molecule has 1 atom stereocenters. The van der Waals surface area contributed by atoms with Crippen LogP contribution in [0.2, 0.25) is 0 Å². The first kappa shape index (κ1) is 15.6. The molecular formula is C12H25N2OP. The number of nitrogens with one attached hydrogen (secondary N) is 1. The van der Waals surface area contributed by atoms with Crippen molar-refractivity contribution in [3.63, 3.8) is 0 Å². The lowest BCUT2D eigenvalue weighted by Gasteiger charge is -2.23. The topological polar surface area (TPSA) is 32.3 Å². The van der Waals surface area contributed by atoms with Gasteiger partial charge in [-0.25, -0.2) is 0 Å². The standard InChI is InChI=1S/C12H25N2OP/c1-6-16-12(2,3)10-13-11(15)8-7-9-14(4)5/h7-8,16H,6,9-10H2,1-5H3,(H,13,15)/b8-7+. The van der Waals surface area contributed by atoms with Gasteiger partial charge >= 0.3 is 0 Å². The van der Waals surface area contributed by atoms with Crippen molar-refractivity contribution in [1.82, 2.24) is 10.2 Å². The van der Waals surface area contributed by atoms with Crippen molar-refractivity contribution < 1.29 is 4.79 Å². The summed E-state index contributed by atoms with van der Waals surface area (Å²) in [4.78, 5) is 13.5. The fourth-order valence-corrected chi connectivity index (χ4v) is 2.45. The van der Waals surface area contributed by atoms with Crippen molar-refractivity contribution in [2.45, 2.75) is 25.9 Å². The van der Waals surface area contributed by atoms with Crippen LogP contribution >= 0.6 is 8.58 Å². The first-order valence-electron chi connectivity index (χ1n) is 5.71. The van der Waals surface area contributed by atoms with E-state index < -0.39 is 0 Å². The third kappa shape index (κ3) is 8.87. The molecule has 0 spiro atoms. The molecule has 0 aromatic heterocycles. The van der Waals surface area contributed by atoms with Gasteiger partial charge in [0.2, 0.25) is 5.91 Å². The molecular weight excluding hydrogens is 219 g/mol.